The highest BCUT2D eigenvalue weighted by Crippen LogP contribution is 2.22. The van der Waals surface area contributed by atoms with Crippen molar-refractivity contribution in [1.29, 1.82) is 0 Å². The van der Waals surface area contributed by atoms with Gasteiger partial charge in [0.25, 0.3) is 0 Å². The standard InChI is InChI=1S/C14H20N2O3/c1-18-13-9-16(7-6-12(13)15)11-5-3-4-10(8-11)14(17)19-2/h3-5,8,12-13H,6-7,9,15H2,1-2H3/t12-,13+/m1/s1. The lowest BCUT2D eigenvalue weighted by molar-refractivity contribution is 0.0600. The fraction of sp³-hybridized carbons (Fsp3) is 0.500. The lowest BCUT2D eigenvalue weighted by Gasteiger charge is -2.37. The zero-order valence-electron chi connectivity index (χ0n) is 11.3. The molecule has 1 aromatic carbocycles. The average Bonchev–Trinajstić information content (AvgIpc) is 2.47. The maximum Gasteiger partial charge on any atom is 0.337 e. The summed E-state index contributed by atoms with van der Waals surface area (Å²) in [4.78, 5) is 13.7. The van der Waals surface area contributed by atoms with E-state index in [1.165, 1.54) is 7.11 Å². The number of piperidine rings is 1. The molecular formula is C14H20N2O3. The third kappa shape index (κ3) is 3.05. The van der Waals surface area contributed by atoms with Crippen molar-refractivity contribution < 1.29 is 14.3 Å². The highest BCUT2D eigenvalue weighted by molar-refractivity contribution is 5.90. The molecule has 2 N–H and O–H groups in total. The number of benzene rings is 1. The largest absolute Gasteiger partial charge is 0.465 e. The molecule has 0 saturated carbocycles. The van der Waals surface area contributed by atoms with E-state index in [-0.39, 0.29) is 18.1 Å². The fourth-order valence-corrected chi connectivity index (χ4v) is 2.37. The highest BCUT2D eigenvalue weighted by atomic mass is 16.5. The molecule has 0 spiro atoms. The maximum atomic E-state index is 11.5. The van der Waals surface area contributed by atoms with E-state index in [4.69, 9.17) is 15.2 Å². The SMILES string of the molecule is COC(=O)c1cccc(N2CC[C@@H](N)[C@@H](OC)C2)c1. The van der Waals surface area contributed by atoms with Gasteiger partial charge in [0.05, 0.1) is 18.8 Å². The molecule has 0 aromatic heterocycles. The minimum Gasteiger partial charge on any atom is -0.465 e. The van der Waals surface area contributed by atoms with E-state index in [1.807, 2.05) is 18.2 Å². The Labute approximate surface area is 113 Å². The van der Waals surface area contributed by atoms with Crippen LogP contribution in [0.5, 0.6) is 0 Å². The normalized spacial score (nSPS) is 23.2. The van der Waals surface area contributed by atoms with Gasteiger partial charge in [-0.2, -0.15) is 0 Å². The maximum absolute atomic E-state index is 11.5. The molecule has 5 heteroatoms. The van der Waals surface area contributed by atoms with Gasteiger partial charge in [0.15, 0.2) is 0 Å². The van der Waals surface area contributed by atoms with E-state index in [0.29, 0.717) is 5.56 Å². The van der Waals surface area contributed by atoms with Crippen molar-refractivity contribution in [3.63, 3.8) is 0 Å². The zero-order chi connectivity index (χ0) is 13.8. The van der Waals surface area contributed by atoms with Gasteiger partial charge in [0, 0.05) is 31.9 Å². The molecule has 0 unspecified atom stereocenters. The van der Waals surface area contributed by atoms with Crippen molar-refractivity contribution in [3.05, 3.63) is 29.8 Å². The third-order valence-electron chi connectivity index (χ3n) is 3.55. The van der Waals surface area contributed by atoms with Crippen LogP contribution < -0.4 is 10.6 Å². The first kappa shape index (κ1) is 13.8. The molecule has 1 saturated heterocycles. The number of anilines is 1. The lowest BCUT2D eigenvalue weighted by Crippen LogP contribution is -2.51. The Balaban J connectivity index is 2.15. The smallest absolute Gasteiger partial charge is 0.337 e. The summed E-state index contributed by atoms with van der Waals surface area (Å²) in [6.45, 7) is 1.61. The minimum atomic E-state index is -0.321. The first-order chi connectivity index (χ1) is 9.15. The number of carbonyl (C=O) groups is 1. The molecule has 1 aliphatic rings. The van der Waals surface area contributed by atoms with Gasteiger partial charge < -0.3 is 20.1 Å². The summed E-state index contributed by atoms with van der Waals surface area (Å²) < 4.78 is 10.1. The minimum absolute atomic E-state index is 0.0236. The molecule has 104 valence electrons. The Morgan fingerprint density at radius 3 is 2.89 bits per heavy atom. The molecule has 0 amide bonds. The topological polar surface area (TPSA) is 64.8 Å². The Hall–Kier alpha value is -1.59. The van der Waals surface area contributed by atoms with Crippen LogP contribution in [0, 0.1) is 0 Å². The second-order valence-corrected chi connectivity index (χ2v) is 4.71. The van der Waals surface area contributed by atoms with Crippen molar-refractivity contribution >= 4 is 11.7 Å². The van der Waals surface area contributed by atoms with Gasteiger partial charge in [-0.1, -0.05) is 6.07 Å². The molecule has 0 bridgehead atoms. The van der Waals surface area contributed by atoms with Gasteiger partial charge in [-0.05, 0) is 24.6 Å². The molecule has 1 aliphatic heterocycles. The van der Waals surface area contributed by atoms with Crippen LogP contribution in [0.3, 0.4) is 0 Å². The van der Waals surface area contributed by atoms with Crippen LogP contribution in [0.25, 0.3) is 0 Å². The van der Waals surface area contributed by atoms with E-state index < -0.39 is 0 Å². The van der Waals surface area contributed by atoms with Crippen LogP contribution in [0.15, 0.2) is 24.3 Å². The van der Waals surface area contributed by atoms with Crippen LogP contribution in [-0.2, 0) is 9.47 Å². The number of ether oxygens (including phenoxy) is 2. The first-order valence-corrected chi connectivity index (χ1v) is 6.37. The van der Waals surface area contributed by atoms with Crippen LogP contribution >= 0.6 is 0 Å². The van der Waals surface area contributed by atoms with Gasteiger partial charge in [-0.3, -0.25) is 0 Å². The fourth-order valence-electron chi connectivity index (χ4n) is 2.37. The van der Waals surface area contributed by atoms with Crippen LogP contribution in [0.2, 0.25) is 0 Å². The van der Waals surface area contributed by atoms with Gasteiger partial charge in [-0.25, -0.2) is 4.79 Å². The molecule has 1 aromatic rings. The summed E-state index contributed by atoms with van der Waals surface area (Å²) in [7, 11) is 3.06. The summed E-state index contributed by atoms with van der Waals surface area (Å²) >= 11 is 0. The Morgan fingerprint density at radius 2 is 2.21 bits per heavy atom. The second kappa shape index (κ2) is 6.04. The Bertz CT molecular complexity index is 450. The molecule has 1 fully saturated rings. The van der Waals surface area contributed by atoms with E-state index in [9.17, 15) is 4.79 Å². The zero-order valence-corrected chi connectivity index (χ0v) is 11.3. The van der Waals surface area contributed by atoms with Crippen LogP contribution in [-0.4, -0.2) is 45.4 Å². The lowest BCUT2D eigenvalue weighted by atomic mass is 10.0. The summed E-state index contributed by atoms with van der Waals surface area (Å²) in [5.74, 6) is -0.321. The predicted molar refractivity (Wildman–Crippen MR) is 73.4 cm³/mol. The molecule has 19 heavy (non-hydrogen) atoms. The molecule has 5 nitrogen and oxygen atoms in total. The highest BCUT2D eigenvalue weighted by Gasteiger charge is 2.26. The van der Waals surface area contributed by atoms with Gasteiger partial charge in [0.1, 0.15) is 0 Å². The molecule has 0 aliphatic carbocycles. The van der Waals surface area contributed by atoms with Crippen molar-refractivity contribution in [2.75, 3.05) is 32.2 Å². The van der Waals surface area contributed by atoms with Crippen molar-refractivity contribution in [3.8, 4) is 0 Å². The third-order valence-corrected chi connectivity index (χ3v) is 3.55. The first-order valence-electron chi connectivity index (χ1n) is 6.37. The van der Waals surface area contributed by atoms with Crippen molar-refractivity contribution in [1.82, 2.24) is 0 Å². The number of hydrogen-bond donors (Lipinski definition) is 1. The average molecular weight is 264 g/mol. The quantitative estimate of drug-likeness (QED) is 0.826. The number of methoxy groups -OCH3 is 2. The van der Waals surface area contributed by atoms with E-state index in [2.05, 4.69) is 4.90 Å². The number of hydrogen-bond acceptors (Lipinski definition) is 5. The molecule has 2 atom stereocenters. The Morgan fingerprint density at radius 1 is 1.42 bits per heavy atom. The van der Waals surface area contributed by atoms with E-state index >= 15 is 0 Å². The van der Waals surface area contributed by atoms with Gasteiger partial charge >= 0.3 is 5.97 Å². The van der Waals surface area contributed by atoms with Crippen molar-refractivity contribution in [2.24, 2.45) is 5.73 Å². The second-order valence-electron chi connectivity index (χ2n) is 4.71. The number of esters is 1. The Kier molecular flexibility index (Phi) is 4.39. The molecular weight excluding hydrogens is 244 g/mol. The summed E-state index contributed by atoms with van der Waals surface area (Å²) in [6, 6.07) is 7.51. The van der Waals surface area contributed by atoms with Gasteiger partial charge in [0.2, 0.25) is 0 Å². The summed E-state index contributed by atoms with van der Waals surface area (Å²) in [5.41, 5.74) is 7.56. The van der Waals surface area contributed by atoms with E-state index in [1.54, 1.807) is 13.2 Å². The van der Waals surface area contributed by atoms with Crippen molar-refractivity contribution in [2.45, 2.75) is 18.6 Å². The number of nitrogens with two attached hydrogens (primary N) is 1. The number of carbonyl (C=O) groups excluding carboxylic acids is 1. The number of nitrogens with zero attached hydrogens (tertiary/aromatic N) is 1. The molecule has 2 rings (SSSR count). The van der Waals surface area contributed by atoms with Crippen LogP contribution in [0.1, 0.15) is 16.8 Å². The van der Waals surface area contributed by atoms with Crippen LogP contribution in [0.4, 0.5) is 5.69 Å². The van der Waals surface area contributed by atoms with E-state index in [0.717, 1.165) is 25.2 Å². The van der Waals surface area contributed by atoms with Gasteiger partial charge in [-0.15, -0.1) is 0 Å². The molecule has 0 radical (unpaired) electrons. The summed E-state index contributed by atoms with van der Waals surface area (Å²) in [5, 5.41) is 0. The summed E-state index contributed by atoms with van der Waals surface area (Å²) in [6.07, 6.45) is 0.900. The molecule has 1 heterocycles. The number of rotatable bonds is 3. The monoisotopic (exact) mass is 264 g/mol. The predicted octanol–water partition coefficient (Wildman–Crippen LogP) is 1.03.